The molecule has 1 atom stereocenters. The quantitative estimate of drug-likeness (QED) is 0.364. The fourth-order valence-corrected chi connectivity index (χ4v) is 6.90. The number of nitrogens with zero attached hydrogens (tertiary/aromatic N) is 2. The Morgan fingerprint density at radius 1 is 1.15 bits per heavy atom. The zero-order valence-electron chi connectivity index (χ0n) is 17.7. The second-order valence-electron chi connectivity index (χ2n) is 8.02. The van der Waals surface area contributed by atoms with Crippen molar-refractivity contribution in [3.63, 3.8) is 0 Å². The summed E-state index contributed by atoms with van der Waals surface area (Å²) in [5.74, 6) is 0.729. The summed E-state index contributed by atoms with van der Waals surface area (Å²) in [5.41, 5.74) is 5.62. The Kier molecular flexibility index (Phi) is 5.20. The number of aromatic nitrogens is 1. The number of thiophene rings is 1. The van der Waals surface area contributed by atoms with Gasteiger partial charge in [0.05, 0.1) is 23.4 Å². The maximum atomic E-state index is 13.7. The van der Waals surface area contributed by atoms with Crippen LogP contribution in [0.3, 0.4) is 0 Å². The summed E-state index contributed by atoms with van der Waals surface area (Å²) in [5, 5.41) is 2.08. The summed E-state index contributed by atoms with van der Waals surface area (Å²) >= 11 is 6.66. The van der Waals surface area contributed by atoms with Crippen molar-refractivity contribution in [3.8, 4) is 5.75 Å². The number of benzene rings is 2. The number of methoxy groups -OCH3 is 1. The Morgan fingerprint density at radius 3 is 2.85 bits per heavy atom. The molecule has 0 radical (unpaired) electrons. The molecule has 6 rings (SSSR count). The number of halogens is 1. The zero-order chi connectivity index (χ0) is 22.5. The average Bonchev–Trinajstić information content (AvgIpc) is 3.47. The van der Waals surface area contributed by atoms with Gasteiger partial charge in [0.15, 0.2) is 4.80 Å². The van der Waals surface area contributed by atoms with E-state index in [2.05, 4.69) is 57.7 Å². The molecule has 0 saturated heterocycles. The van der Waals surface area contributed by atoms with Gasteiger partial charge in [0, 0.05) is 20.5 Å². The van der Waals surface area contributed by atoms with Gasteiger partial charge in [-0.3, -0.25) is 9.36 Å². The molecule has 2 aromatic heterocycles. The molecule has 33 heavy (non-hydrogen) atoms. The number of hydrogen-bond donors (Lipinski definition) is 0. The molecule has 0 spiro atoms. The number of thiazole rings is 1. The minimum absolute atomic E-state index is 0.00964. The number of aryl methyl sites for hydroxylation is 1. The van der Waals surface area contributed by atoms with Gasteiger partial charge in [0.1, 0.15) is 5.75 Å². The minimum atomic E-state index is -0.115. The molecule has 0 N–H and O–H groups in total. The maximum Gasteiger partial charge on any atom is 0.271 e. The normalized spacial score (nSPS) is 17.3. The fraction of sp³-hybridized carbons (Fsp3) is 0.154. The molecule has 0 amide bonds. The van der Waals surface area contributed by atoms with Crippen LogP contribution >= 0.6 is 38.6 Å². The summed E-state index contributed by atoms with van der Waals surface area (Å²) in [6.45, 7) is 0. The van der Waals surface area contributed by atoms with Crippen molar-refractivity contribution >= 4 is 50.4 Å². The third kappa shape index (κ3) is 3.46. The molecule has 0 fully saturated rings. The molecule has 1 aliphatic heterocycles. The molecule has 2 aromatic carbocycles. The Labute approximate surface area is 207 Å². The third-order valence-electron chi connectivity index (χ3n) is 6.16. The first-order valence-corrected chi connectivity index (χ1v) is 13.1. The highest BCUT2D eigenvalue weighted by Gasteiger charge is 2.33. The van der Waals surface area contributed by atoms with Crippen LogP contribution in [0.5, 0.6) is 5.75 Å². The first-order chi connectivity index (χ1) is 16.1. The molecule has 7 heteroatoms. The Morgan fingerprint density at radius 2 is 2.03 bits per heavy atom. The lowest BCUT2D eigenvalue weighted by Gasteiger charge is -2.30. The van der Waals surface area contributed by atoms with E-state index in [1.165, 1.54) is 32.9 Å². The van der Waals surface area contributed by atoms with Crippen molar-refractivity contribution < 1.29 is 4.74 Å². The van der Waals surface area contributed by atoms with Gasteiger partial charge < -0.3 is 4.74 Å². The third-order valence-corrected chi connectivity index (χ3v) is 8.56. The zero-order valence-corrected chi connectivity index (χ0v) is 21.0. The smallest absolute Gasteiger partial charge is 0.271 e. The van der Waals surface area contributed by atoms with Crippen LogP contribution < -0.4 is 19.6 Å². The summed E-state index contributed by atoms with van der Waals surface area (Å²) < 4.78 is 9.00. The van der Waals surface area contributed by atoms with Crippen molar-refractivity contribution in [2.75, 3.05) is 7.11 Å². The van der Waals surface area contributed by atoms with E-state index in [9.17, 15) is 4.79 Å². The van der Waals surface area contributed by atoms with Gasteiger partial charge in [-0.1, -0.05) is 57.6 Å². The van der Waals surface area contributed by atoms with Crippen molar-refractivity contribution in [1.29, 1.82) is 0 Å². The average molecular weight is 535 g/mol. The van der Waals surface area contributed by atoms with Crippen LogP contribution in [0.1, 0.15) is 34.0 Å². The predicted octanol–water partition coefficient (Wildman–Crippen LogP) is 5.15. The van der Waals surface area contributed by atoms with Gasteiger partial charge in [-0.25, -0.2) is 4.99 Å². The molecule has 4 aromatic rings. The van der Waals surface area contributed by atoms with Gasteiger partial charge in [-0.2, -0.15) is 0 Å². The Hall–Kier alpha value is -2.74. The fourth-order valence-electron chi connectivity index (χ4n) is 4.68. The number of rotatable bonds is 3. The van der Waals surface area contributed by atoms with Crippen LogP contribution in [0.2, 0.25) is 0 Å². The number of ether oxygens (including phenoxy) is 1. The molecule has 4 nitrogen and oxygen atoms in total. The van der Waals surface area contributed by atoms with E-state index in [1.54, 1.807) is 18.4 Å². The molecule has 164 valence electrons. The van der Waals surface area contributed by atoms with Crippen LogP contribution in [0, 0.1) is 0 Å². The van der Waals surface area contributed by atoms with E-state index < -0.39 is 0 Å². The lowest BCUT2D eigenvalue weighted by atomic mass is 9.85. The van der Waals surface area contributed by atoms with Crippen LogP contribution in [0.15, 0.2) is 79.8 Å². The number of allylic oxidation sites excluding steroid dienone is 1. The van der Waals surface area contributed by atoms with Crippen molar-refractivity contribution in [2.24, 2.45) is 4.99 Å². The first-order valence-electron chi connectivity index (χ1n) is 10.6. The van der Waals surface area contributed by atoms with E-state index in [4.69, 9.17) is 9.73 Å². The molecular weight excluding hydrogens is 516 g/mol. The second kappa shape index (κ2) is 8.24. The van der Waals surface area contributed by atoms with Crippen LogP contribution in [-0.4, -0.2) is 11.7 Å². The predicted molar refractivity (Wildman–Crippen MR) is 138 cm³/mol. The molecule has 1 aliphatic carbocycles. The molecule has 1 unspecified atom stereocenters. The standard InChI is InChI=1S/C26H19BrN2O2S2/c1-31-20-11-9-17(27)13-16(20)14-22-25(30)29-24(21-7-4-12-32-21)19-10-8-15-5-2-3-6-18(15)23(19)28-26(29)33-22/h2-7,9,11-14,24H,8,10H2,1H3. The van der Waals surface area contributed by atoms with E-state index in [0.29, 0.717) is 4.53 Å². The van der Waals surface area contributed by atoms with E-state index in [-0.39, 0.29) is 11.6 Å². The van der Waals surface area contributed by atoms with Gasteiger partial charge in [0.2, 0.25) is 0 Å². The molecule has 0 saturated carbocycles. The largest absolute Gasteiger partial charge is 0.496 e. The van der Waals surface area contributed by atoms with E-state index in [1.807, 2.05) is 28.8 Å². The van der Waals surface area contributed by atoms with Crippen molar-refractivity contribution in [3.05, 3.63) is 111 Å². The lowest BCUT2D eigenvalue weighted by molar-refractivity contribution is 0.413. The molecule has 0 bridgehead atoms. The monoisotopic (exact) mass is 534 g/mol. The van der Waals surface area contributed by atoms with E-state index >= 15 is 0 Å². The van der Waals surface area contributed by atoms with Crippen LogP contribution in [0.4, 0.5) is 0 Å². The van der Waals surface area contributed by atoms with Gasteiger partial charge >= 0.3 is 0 Å². The Bertz CT molecular complexity index is 1600. The van der Waals surface area contributed by atoms with Crippen molar-refractivity contribution in [2.45, 2.75) is 18.9 Å². The summed E-state index contributed by atoms with van der Waals surface area (Å²) in [6, 6.07) is 18.4. The highest BCUT2D eigenvalue weighted by molar-refractivity contribution is 9.10. The summed E-state index contributed by atoms with van der Waals surface area (Å²) in [6.07, 6.45) is 3.78. The van der Waals surface area contributed by atoms with Crippen LogP contribution in [0.25, 0.3) is 11.8 Å². The lowest BCUT2D eigenvalue weighted by Crippen LogP contribution is -2.38. The van der Waals surface area contributed by atoms with Gasteiger partial charge in [0.25, 0.3) is 5.56 Å². The molecular formula is C26H19BrN2O2S2. The highest BCUT2D eigenvalue weighted by atomic mass is 79.9. The van der Waals surface area contributed by atoms with Crippen LogP contribution in [-0.2, 0) is 6.42 Å². The number of fused-ring (bicyclic) bond motifs is 3. The highest BCUT2D eigenvalue weighted by Crippen LogP contribution is 2.42. The van der Waals surface area contributed by atoms with Gasteiger partial charge in [-0.15, -0.1) is 11.3 Å². The summed E-state index contributed by atoms with van der Waals surface area (Å²) in [4.78, 5) is 20.7. The molecule has 3 heterocycles. The van der Waals surface area contributed by atoms with E-state index in [0.717, 1.165) is 39.1 Å². The minimum Gasteiger partial charge on any atom is -0.496 e. The Balaban J connectivity index is 1.62. The maximum absolute atomic E-state index is 13.7. The van der Waals surface area contributed by atoms with Gasteiger partial charge in [-0.05, 0) is 59.7 Å². The van der Waals surface area contributed by atoms with Crippen molar-refractivity contribution in [1.82, 2.24) is 4.57 Å². The first kappa shape index (κ1) is 20.8. The number of hydrogen-bond acceptors (Lipinski definition) is 5. The molecule has 2 aliphatic rings. The second-order valence-corrected chi connectivity index (χ2v) is 10.9. The summed E-state index contributed by atoms with van der Waals surface area (Å²) in [7, 11) is 1.64. The SMILES string of the molecule is COc1ccc(Br)cc1C=c1sc2n(c1=O)C(c1cccs1)C1=C(N=2)c2ccccc2CC1. The topological polar surface area (TPSA) is 43.6 Å².